The molecule has 0 radical (unpaired) electrons. The van der Waals surface area contributed by atoms with Crippen molar-refractivity contribution in [1.29, 1.82) is 0 Å². The Bertz CT molecular complexity index is 741. The number of hydrogen-bond acceptors (Lipinski definition) is 6. The summed E-state index contributed by atoms with van der Waals surface area (Å²) in [6, 6.07) is 0. The molecule has 1 aromatic rings. The van der Waals surface area contributed by atoms with Crippen LogP contribution in [0.2, 0.25) is 0 Å². The zero-order valence-electron chi connectivity index (χ0n) is 15.7. The lowest BCUT2D eigenvalue weighted by atomic mass is 9.78. The Balaban J connectivity index is 1.64. The number of hydrogen-bond donors (Lipinski definition) is 1. The molecule has 2 saturated heterocycles. The van der Waals surface area contributed by atoms with E-state index in [1.165, 1.54) is 4.90 Å². The van der Waals surface area contributed by atoms with Gasteiger partial charge in [0.25, 0.3) is 0 Å². The van der Waals surface area contributed by atoms with Gasteiger partial charge in [0.2, 0.25) is 11.0 Å². The van der Waals surface area contributed by atoms with Crippen molar-refractivity contribution in [1.82, 2.24) is 19.2 Å². The second kappa shape index (κ2) is 6.61. The maximum Gasteiger partial charge on any atom is 0.315 e. The summed E-state index contributed by atoms with van der Waals surface area (Å²) in [6.45, 7) is 7.43. The minimum atomic E-state index is -0.727. The third-order valence-electron chi connectivity index (χ3n) is 5.10. The van der Waals surface area contributed by atoms with Crippen molar-refractivity contribution in [3.8, 4) is 0 Å². The highest BCUT2D eigenvalue weighted by molar-refractivity contribution is 7.10. The maximum absolute atomic E-state index is 12.5. The van der Waals surface area contributed by atoms with Gasteiger partial charge in [0, 0.05) is 43.6 Å². The maximum atomic E-state index is 12.5. The van der Waals surface area contributed by atoms with Gasteiger partial charge in [0.05, 0.1) is 5.41 Å². The minimum absolute atomic E-state index is 0.0819. The number of likely N-dealkylation sites (tertiary alicyclic amines) is 2. The molecule has 26 heavy (non-hydrogen) atoms. The van der Waals surface area contributed by atoms with Crippen LogP contribution in [-0.4, -0.2) is 63.6 Å². The van der Waals surface area contributed by atoms with Gasteiger partial charge in [0.1, 0.15) is 5.82 Å². The molecular formula is C17H25N5O3S. The Hall–Kier alpha value is -2.03. The third kappa shape index (κ3) is 3.44. The van der Waals surface area contributed by atoms with E-state index in [0.29, 0.717) is 30.5 Å². The van der Waals surface area contributed by atoms with Gasteiger partial charge in [-0.05, 0) is 19.3 Å². The van der Waals surface area contributed by atoms with Gasteiger partial charge in [-0.15, -0.1) is 0 Å². The topological polar surface area (TPSA) is 95.5 Å². The molecule has 0 bridgehead atoms. The fourth-order valence-corrected chi connectivity index (χ4v) is 4.32. The molecule has 1 aromatic heterocycles. The van der Waals surface area contributed by atoms with E-state index in [1.54, 1.807) is 11.9 Å². The van der Waals surface area contributed by atoms with Crippen LogP contribution < -0.4 is 5.32 Å². The lowest BCUT2D eigenvalue weighted by Crippen LogP contribution is -2.49. The number of amides is 3. The molecule has 1 N–H and O–H groups in total. The summed E-state index contributed by atoms with van der Waals surface area (Å²) in [5.41, 5.74) is -0.747. The monoisotopic (exact) mass is 379 g/mol. The van der Waals surface area contributed by atoms with Crippen molar-refractivity contribution in [3.05, 3.63) is 5.82 Å². The molecule has 1 unspecified atom stereocenters. The lowest BCUT2D eigenvalue weighted by molar-refractivity contribution is -0.146. The molecule has 142 valence electrons. The molecule has 1 spiro atoms. The van der Waals surface area contributed by atoms with E-state index in [2.05, 4.69) is 14.7 Å². The van der Waals surface area contributed by atoms with E-state index >= 15 is 0 Å². The summed E-state index contributed by atoms with van der Waals surface area (Å²) < 4.78 is 4.22. The van der Waals surface area contributed by atoms with E-state index in [4.69, 9.17) is 0 Å². The quantitative estimate of drug-likeness (QED) is 0.741. The molecular weight excluding hydrogens is 354 g/mol. The van der Waals surface area contributed by atoms with Crippen LogP contribution in [0.4, 0.5) is 5.13 Å². The van der Waals surface area contributed by atoms with Crippen molar-refractivity contribution in [2.24, 2.45) is 5.41 Å². The van der Waals surface area contributed by atoms with Crippen LogP contribution in [-0.2, 0) is 19.8 Å². The molecule has 2 aliphatic heterocycles. The number of nitrogens with one attached hydrogen (secondary N) is 1. The molecule has 2 fully saturated rings. The molecule has 1 atom stereocenters. The number of anilines is 1. The second-order valence-electron chi connectivity index (χ2n) is 8.21. The van der Waals surface area contributed by atoms with E-state index in [9.17, 15) is 14.4 Å². The molecule has 3 rings (SSSR count). The Morgan fingerprint density at radius 3 is 2.62 bits per heavy atom. The Labute approximate surface area is 157 Å². The summed E-state index contributed by atoms with van der Waals surface area (Å²) >= 11 is 1.06. The summed E-state index contributed by atoms with van der Waals surface area (Å²) in [4.78, 5) is 44.9. The Kier molecular flexibility index (Phi) is 4.76. The van der Waals surface area contributed by atoms with Gasteiger partial charge >= 0.3 is 11.8 Å². The minimum Gasteiger partial charge on any atom is -0.345 e. The first kappa shape index (κ1) is 18.8. The number of piperidine rings is 1. The van der Waals surface area contributed by atoms with Gasteiger partial charge in [-0.25, -0.2) is 4.98 Å². The first-order valence-corrected chi connectivity index (χ1v) is 9.60. The summed E-state index contributed by atoms with van der Waals surface area (Å²) in [5, 5.41) is 2.86. The van der Waals surface area contributed by atoms with Crippen LogP contribution in [0.5, 0.6) is 0 Å². The predicted molar refractivity (Wildman–Crippen MR) is 97.7 cm³/mol. The highest BCUT2D eigenvalue weighted by Gasteiger charge is 2.49. The number of rotatable bonds is 1. The van der Waals surface area contributed by atoms with Crippen LogP contribution >= 0.6 is 11.5 Å². The van der Waals surface area contributed by atoms with Gasteiger partial charge in [-0.2, -0.15) is 4.37 Å². The largest absolute Gasteiger partial charge is 0.345 e. The highest BCUT2D eigenvalue weighted by atomic mass is 32.1. The highest BCUT2D eigenvalue weighted by Crippen LogP contribution is 2.39. The average molecular weight is 379 g/mol. The molecule has 0 saturated carbocycles. The van der Waals surface area contributed by atoms with Crippen molar-refractivity contribution >= 4 is 34.4 Å². The lowest BCUT2D eigenvalue weighted by Gasteiger charge is -2.37. The normalized spacial score (nSPS) is 23.6. The summed E-state index contributed by atoms with van der Waals surface area (Å²) in [5.74, 6) is -0.634. The second-order valence-corrected chi connectivity index (χ2v) is 8.97. The molecule has 2 aliphatic rings. The van der Waals surface area contributed by atoms with E-state index < -0.39 is 17.2 Å². The SMILES string of the molecule is CN1CCCC2(CCN(C(=O)C(=O)Nc3nc(C(C)(C)C)ns3)C2)C1=O. The average Bonchev–Trinajstić information content (AvgIpc) is 3.19. The fourth-order valence-electron chi connectivity index (χ4n) is 3.57. The van der Waals surface area contributed by atoms with Crippen molar-refractivity contribution in [3.63, 3.8) is 0 Å². The van der Waals surface area contributed by atoms with Gasteiger partial charge in [0.15, 0.2) is 0 Å². The van der Waals surface area contributed by atoms with Crippen LogP contribution in [0.1, 0.15) is 45.9 Å². The van der Waals surface area contributed by atoms with Gasteiger partial charge < -0.3 is 9.80 Å². The molecule has 3 amide bonds. The molecule has 3 heterocycles. The smallest absolute Gasteiger partial charge is 0.315 e. The number of aromatic nitrogens is 2. The zero-order chi connectivity index (χ0) is 19.1. The van der Waals surface area contributed by atoms with Crippen LogP contribution in [0.3, 0.4) is 0 Å². The number of carbonyl (C=O) groups excluding carboxylic acids is 3. The standard InChI is InChI=1S/C17H25N5O3S/c1-16(2,3)13-19-15(26-20-13)18-11(23)12(24)22-9-7-17(10-22)6-5-8-21(4)14(17)25/h5-10H2,1-4H3,(H,18,19,20,23). The van der Waals surface area contributed by atoms with Crippen LogP contribution in [0.25, 0.3) is 0 Å². The van der Waals surface area contributed by atoms with Crippen LogP contribution in [0.15, 0.2) is 0 Å². The van der Waals surface area contributed by atoms with E-state index in [0.717, 1.165) is 30.9 Å². The molecule has 0 aliphatic carbocycles. The zero-order valence-corrected chi connectivity index (χ0v) is 16.5. The molecule has 0 aromatic carbocycles. The van der Waals surface area contributed by atoms with Gasteiger partial charge in [-0.1, -0.05) is 20.8 Å². The Morgan fingerprint density at radius 1 is 1.23 bits per heavy atom. The van der Waals surface area contributed by atoms with Crippen molar-refractivity contribution in [2.75, 3.05) is 32.0 Å². The molecule has 8 nitrogen and oxygen atoms in total. The summed E-state index contributed by atoms with van der Waals surface area (Å²) in [7, 11) is 1.79. The molecule has 9 heteroatoms. The van der Waals surface area contributed by atoms with E-state index in [1.807, 2.05) is 20.8 Å². The third-order valence-corrected chi connectivity index (χ3v) is 5.73. The number of nitrogens with zero attached hydrogens (tertiary/aromatic N) is 4. The predicted octanol–water partition coefficient (Wildman–Crippen LogP) is 1.24. The number of carbonyl (C=O) groups is 3. The van der Waals surface area contributed by atoms with Crippen molar-refractivity contribution in [2.45, 2.75) is 45.4 Å². The van der Waals surface area contributed by atoms with Gasteiger partial charge in [-0.3, -0.25) is 19.7 Å². The first-order chi connectivity index (χ1) is 12.1. The fraction of sp³-hybridized carbons (Fsp3) is 0.706. The van der Waals surface area contributed by atoms with Crippen LogP contribution in [0, 0.1) is 5.41 Å². The van der Waals surface area contributed by atoms with Crippen molar-refractivity contribution < 1.29 is 14.4 Å². The first-order valence-electron chi connectivity index (χ1n) is 8.82. The summed E-state index contributed by atoms with van der Waals surface area (Å²) in [6.07, 6.45) is 2.31. The van der Waals surface area contributed by atoms with E-state index in [-0.39, 0.29) is 11.3 Å². The Morgan fingerprint density at radius 2 is 1.96 bits per heavy atom.